The van der Waals surface area contributed by atoms with Gasteiger partial charge in [0.1, 0.15) is 22.3 Å². The third kappa shape index (κ3) is 2.16. The summed E-state index contributed by atoms with van der Waals surface area (Å²) in [6, 6.07) is 2.36. The van der Waals surface area contributed by atoms with Gasteiger partial charge in [0.15, 0.2) is 0 Å². The molecule has 2 N–H and O–H groups in total. The van der Waals surface area contributed by atoms with Crippen molar-refractivity contribution in [3.63, 3.8) is 0 Å². The van der Waals surface area contributed by atoms with Crippen molar-refractivity contribution in [2.45, 2.75) is 13.5 Å². The number of hydrogen-bond donors (Lipinski definition) is 1. The van der Waals surface area contributed by atoms with Gasteiger partial charge in [-0.3, -0.25) is 4.79 Å². The number of rotatable bonds is 3. The molecular weight excluding hydrogens is 258 g/mol. The fourth-order valence-corrected chi connectivity index (χ4v) is 2.16. The van der Waals surface area contributed by atoms with Crippen LogP contribution in [0.4, 0.5) is 8.78 Å². The fourth-order valence-electron chi connectivity index (χ4n) is 1.50. The van der Waals surface area contributed by atoms with Crippen LogP contribution >= 0.6 is 11.3 Å². The maximum atomic E-state index is 13.8. The highest BCUT2D eigenvalue weighted by Gasteiger charge is 2.22. The molecule has 1 aromatic carbocycles. The summed E-state index contributed by atoms with van der Waals surface area (Å²) < 4.78 is 27.3. The quantitative estimate of drug-likeness (QED) is 0.870. The molecule has 94 valence electrons. The summed E-state index contributed by atoms with van der Waals surface area (Å²) in [5.41, 5.74) is 5.04. The number of halogens is 2. The molecule has 0 saturated carbocycles. The second-order valence-corrected chi connectivity index (χ2v) is 4.66. The van der Waals surface area contributed by atoms with Gasteiger partial charge in [0.25, 0.3) is 0 Å². The van der Waals surface area contributed by atoms with Gasteiger partial charge in [0, 0.05) is 11.9 Å². The lowest BCUT2D eigenvalue weighted by Crippen LogP contribution is -2.09. The summed E-state index contributed by atoms with van der Waals surface area (Å²) in [5, 5.41) is 2.00. The smallest absolute Gasteiger partial charge is 0.218 e. The maximum absolute atomic E-state index is 13.8. The topological polar surface area (TPSA) is 56.0 Å². The molecule has 0 bridgehead atoms. The number of hydrogen-bond acceptors (Lipinski definition) is 4. The zero-order chi connectivity index (χ0) is 13.3. The standard InChI is InChI=1S/C12H10F2N2OS/c1-6-2-3-7(13)10(11(6)14)12(17)8-5-18-9(4-15)16-8/h2-3,5H,4,15H2,1H3. The van der Waals surface area contributed by atoms with Crippen molar-refractivity contribution in [3.8, 4) is 0 Å². The van der Waals surface area contributed by atoms with Gasteiger partial charge in [-0.2, -0.15) is 0 Å². The van der Waals surface area contributed by atoms with Crippen LogP contribution in [0, 0.1) is 18.6 Å². The molecule has 0 amide bonds. The highest BCUT2D eigenvalue weighted by atomic mass is 32.1. The van der Waals surface area contributed by atoms with E-state index >= 15 is 0 Å². The highest BCUT2D eigenvalue weighted by molar-refractivity contribution is 7.09. The molecule has 0 radical (unpaired) electrons. The molecule has 2 rings (SSSR count). The third-order valence-corrected chi connectivity index (χ3v) is 3.34. The predicted molar refractivity (Wildman–Crippen MR) is 64.5 cm³/mol. The number of carbonyl (C=O) groups excluding carboxylic acids is 1. The third-order valence-electron chi connectivity index (χ3n) is 2.47. The van der Waals surface area contributed by atoms with E-state index in [9.17, 15) is 13.6 Å². The molecule has 1 heterocycles. The van der Waals surface area contributed by atoms with E-state index in [0.717, 1.165) is 6.07 Å². The summed E-state index contributed by atoms with van der Waals surface area (Å²) in [5.74, 6) is -2.49. The highest BCUT2D eigenvalue weighted by Crippen LogP contribution is 2.21. The minimum Gasteiger partial charge on any atom is -0.325 e. The Balaban J connectivity index is 2.49. The zero-order valence-electron chi connectivity index (χ0n) is 9.54. The van der Waals surface area contributed by atoms with Gasteiger partial charge >= 0.3 is 0 Å². The van der Waals surface area contributed by atoms with E-state index in [2.05, 4.69) is 4.98 Å². The molecule has 6 heteroatoms. The van der Waals surface area contributed by atoms with E-state index in [0.29, 0.717) is 5.01 Å². The van der Waals surface area contributed by atoms with E-state index in [4.69, 9.17) is 5.73 Å². The Morgan fingerprint density at radius 3 is 2.78 bits per heavy atom. The number of nitrogens with two attached hydrogens (primary N) is 1. The SMILES string of the molecule is Cc1ccc(F)c(C(=O)c2csc(CN)n2)c1F. The molecule has 0 aliphatic rings. The summed E-state index contributed by atoms with van der Waals surface area (Å²) in [7, 11) is 0. The summed E-state index contributed by atoms with van der Waals surface area (Å²) >= 11 is 1.19. The van der Waals surface area contributed by atoms with Crippen LogP contribution < -0.4 is 5.73 Å². The monoisotopic (exact) mass is 268 g/mol. The van der Waals surface area contributed by atoms with Gasteiger partial charge < -0.3 is 5.73 Å². The van der Waals surface area contributed by atoms with Crippen LogP contribution in [-0.4, -0.2) is 10.8 Å². The van der Waals surface area contributed by atoms with Crippen molar-refractivity contribution in [1.82, 2.24) is 4.98 Å². The number of ketones is 1. The molecule has 18 heavy (non-hydrogen) atoms. The van der Waals surface area contributed by atoms with E-state index < -0.39 is 23.0 Å². The van der Waals surface area contributed by atoms with Crippen LogP contribution in [0.15, 0.2) is 17.5 Å². The van der Waals surface area contributed by atoms with Crippen LogP contribution in [0.2, 0.25) is 0 Å². The van der Waals surface area contributed by atoms with Crippen LogP contribution in [0.5, 0.6) is 0 Å². The van der Waals surface area contributed by atoms with Crippen molar-refractivity contribution in [2.75, 3.05) is 0 Å². The normalized spacial score (nSPS) is 10.7. The number of nitrogens with zero attached hydrogens (tertiary/aromatic N) is 1. The molecule has 2 aromatic rings. The lowest BCUT2D eigenvalue weighted by Gasteiger charge is -2.04. The van der Waals surface area contributed by atoms with E-state index in [-0.39, 0.29) is 17.8 Å². The van der Waals surface area contributed by atoms with Gasteiger partial charge in [-0.15, -0.1) is 11.3 Å². The molecule has 0 saturated heterocycles. The molecule has 0 unspecified atom stereocenters. The lowest BCUT2D eigenvalue weighted by atomic mass is 10.0. The van der Waals surface area contributed by atoms with Crippen molar-refractivity contribution in [2.24, 2.45) is 5.73 Å². The van der Waals surface area contributed by atoms with Gasteiger partial charge in [0.2, 0.25) is 5.78 Å². The number of thiazole rings is 1. The molecule has 0 aliphatic carbocycles. The molecule has 0 spiro atoms. The maximum Gasteiger partial charge on any atom is 0.218 e. The molecule has 3 nitrogen and oxygen atoms in total. The average Bonchev–Trinajstić information content (AvgIpc) is 2.83. The van der Waals surface area contributed by atoms with Gasteiger partial charge in [-0.25, -0.2) is 13.8 Å². The summed E-state index contributed by atoms with van der Waals surface area (Å²) in [6.45, 7) is 1.66. The second kappa shape index (κ2) is 4.91. The van der Waals surface area contributed by atoms with Gasteiger partial charge in [-0.1, -0.05) is 6.07 Å². The second-order valence-electron chi connectivity index (χ2n) is 3.71. The lowest BCUT2D eigenvalue weighted by molar-refractivity contribution is 0.102. The van der Waals surface area contributed by atoms with E-state index in [1.54, 1.807) is 0 Å². The summed E-state index contributed by atoms with van der Waals surface area (Å²) in [4.78, 5) is 15.9. The number of aromatic nitrogens is 1. The first-order chi connectivity index (χ1) is 8.54. The first-order valence-electron chi connectivity index (χ1n) is 5.18. The van der Waals surface area contributed by atoms with Crippen molar-refractivity contribution in [3.05, 3.63) is 51.0 Å². The molecule has 1 aromatic heterocycles. The van der Waals surface area contributed by atoms with Crippen molar-refractivity contribution in [1.29, 1.82) is 0 Å². The average molecular weight is 268 g/mol. The molecule has 0 atom stereocenters. The Hall–Kier alpha value is -1.66. The van der Waals surface area contributed by atoms with Gasteiger partial charge in [-0.05, 0) is 18.6 Å². The van der Waals surface area contributed by atoms with E-state index in [1.807, 2.05) is 0 Å². The number of benzene rings is 1. The summed E-state index contributed by atoms with van der Waals surface area (Å²) in [6.07, 6.45) is 0. The first-order valence-corrected chi connectivity index (χ1v) is 6.06. The minimum atomic E-state index is -0.884. The molecule has 0 aliphatic heterocycles. The number of carbonyl (C=O) groups is 1. The van der Waals surface area contributed by atoms with Crippen LogP contribution in [0.25, 0.3) is 0 Å². The van der Waals surface area contributed by atoms with Crippen molar-refractivity contribution >= 4 is 17.1 Å². The first kappa shape index (κ1) is 12.8. The Kier molecular flexibility index (Phi) is 3.49. The number of aryl methyl sites for hydroxylation is 1. The van der Waals surface area contributed by atoms with Crippen LogP contribution in [0.3, 0.4) is 0 Å². The zero-order valence-corrected chi connectivity index (χ0v) is 10.4. The Labute approximate surface area is 106 Å². The Bertz CT molecular complexity index is 610. The van der Waals surface area contributed by atoms with Crippen molar-refractivity contribution < 1.29 is 13.6 Å². The predicted octanol–water partition coefficient (Wildman–Crippen LogP) is 2.42. The Morgan fingerprint density at radius 2 is 2.17 bits per heavy atom. The van der Waals surface area contributed by atoms with Crippen LogP contribution in [0.1, 0.15) is 26.6 Å². The molecule has 0 fully saturated rings. The van der Waals surface area contributed by atoms with Gasteiger partial charge in [0.05, 0.1) is 5.56 Å². The Morgan fingerprint density at radius 1 is 1.44 bits per heavy atom. The largest absolute Gasteiger partial charge is 0.325 e. The van der Waals surface area contributed by atoms with E-state index in [1.165, 1.54) is 29.7 Å². The molecular formula is C12H10F2N2OS. The van der Waals surface area contributed by atoms with Crippen LogP contribution in [-0.2, 0) is 6.54 Å². The fraction of sp³-hybridized carbons (Fsp3) is 0.167. The minimum absolute atomic E-state index is 0.0175.